The number of likely N-dealkylation sites (tertiary alicyclic amines) is 1. The van der Waals surface area contributed by atoms with Gasteiger partial charge in [0, 0.05) is 43.7 Å². The molecule has 7 heteroatoms. The maximum Gasteiger partial charge on any atom is 0.347 e. The Bertz CT molecular complexity index is 1290. The first-order valence-corrected chi connectivity index (χ1v) is 15.4. The number of nitrogens with zero attached hydrogens (tertiary/aromatic N) is 1. The predicted molar refractivity (Wildman–Crippen MR) is 167 cm³/mol. The molecular weight excluding hydrogens is 548 g/mol. The molecule has 1 saturated heterocycles. The van der Waals surface area contributed by atoms with Gasteiger partial charge in [0.25, 0.3) is 0 Å². The van der Waals surface area contributed by atoms with Crippen LogP contribution in [0, 0.1) is 11.8 Å². The molecule has 1 unspecified atom stereocenters. The van der Waals surface area contributed by atoms with Crippen LogP contribution in [0.3, 0.4) is 0 Å². The van der Waals surface area contributed by atoms with Crippen molar-refractivity contribution >= 4 is 17.6 Å². The largest absolute Gasteiger partial charge is 0.492 e. The first-order chi connectivity index (χ1) is 20.2. The van der Waals surface area contributed by atoms with Crippen molar-refractivity contribution in [1.29, 1.82) is 0 Å². The molecule has 0 bridgehead atoms. The molecule has 0 aromatic heterocycles. The van der Waals surface area contributed by atoms with E-state index in [1.54, 1.807) is 6.92 Å². The van der Waals surface area contributed by atoms with Crippen molar-refractivity contribution in [3.05, 3.63) is 94.5 Å². The van der Waals surface area contributed by atoms with Crippen LogP contribution < -0.4 is 14.8 Å². The summed E-state index contributed by atoms with van der Waals surface area (Å²) in [6, 6.07) is 24.6. The molecule has 1 saturated carbocycles. The molecule has 0 amide bonds. The zero-order valence-corrected chi connectivity index (χ0v) is 25.9. The van der Waals surface area contributed by atoms with Crippen molar-refractivity contribution < 1.29 is 19.0 Å². The number of fused-ring (bicyclic) bond motifs is 1. The van der Waals surface area contributed by atoms with Crippen molar-refractivity contribution in [1.82, 2.24) is 10.2 Å². The Morgan fingerprint density at radius 3 is 2.17 bits per heavy atom. The molecule has 1 heterocycles. The summed E-state index contributed by atoms with van der Waals surface area (Å²) in [4.78, 5) is 15.2. The summed E-state index contributed by atoms with van der Waals surface area (Å²) in [5, 5.41) is 4.47. The molecule has 0 radical (unpaired) electrons. The highest BCUT2D eigenvalue weighted by molar-refractivity contribution is 6.30. The van der Waals surface area contributed by atoms with E-state index in [2.05, 4.69) is 43.1 Å². The fraction of sp³-hybridized carbons (Fsp3) is 0.457. The third-order valence-electron chi connectivity index (χ3n) is 8.23. The summed E-state index contributed by atoms with van der Waals surface area (Å²) in [5.41, 5.74) is 3.57. The number of hydrogen-bond acceptors (Lipinski definition) is 6. The molecule has 5 rings (SSSR count). The average Bonchev–Trinajstić information content (AvgIpc) is 3.42. The molecule has 2 fully saturated rings. The van der Waals surface area contributed by atoms with E-state index in [0.29, 0.717) is 31.4 Å². The summed E-state index contributed by atoms with van der Waals surface area (Å²) < 4.78 is 17.4. The van der Waals surface area contributed by atoms with Crippen LogP contribution in [-0.2, 0) is 27.9 Å². The fourth-order valence-corrected chi connectivity index (χ4v) is 5.96. The zero-order chi connectivity index (χ0) is 29.7. The number of halogens is 1. The summed E-state index contributed by atoms with van der Waals surface area (Å²) in [7, 11) is 0. The fourth-order valence-electron chi connectivity index (χ4n) is 5.83. The Morgan fingerprint density at radius 1 is 0.929 bits per heavy atom. The van der Waals surface area contributed by atoms with Crippen LogP contribution >= 0.6 is 11.6 Å². The first kappa shape index (κ1) is 30.4. The molecule has 4 atom stereocenters. The quantitative estimate of drug-likeness (QED) is 0.186. The van der Waals surface area contributed by atoms with E-state index in [9.17, 15) is 4.79 Å². The van der Waals surface area contributed by atoms with Crippen molar-refractivity contribution in [3.63, 3.8) is 0 Å². The van der Waals surface area contributed by atoms with Gasteiger partial charge < -0.3 is 19.5 Å². The van der Waals surface area contributed by atoms with Crippen LogP contribution in [0.25, 0.3) is 0 Å². The second kappa shape index (κ2) is 13.5. The normalized spacial score (nSPS) is 20.5. The third kappa shape index (κ3) is 8.06. The first-order valence-electron chi connectivity index (χ1n) is 15.1. The molecule has 224 valence electrons. The van der Waals surface area contributed by atoms with Gasteiger partial charge in [-0.15, -0.1) is 0 Å². The standard InChI is InChI=1S/C35H43ClN2O4/c1-5-40-34(39)32(42-29-16-10-26(11-17-29)35(2,3)4)20-24-8-14-28(15-9-24)41-19-18-37-33-30-22-38(23-31(30)33)21-25-6-12-27(36)13-7-25/h6-17,30-33,37H,5,18-23H2,1-4H3/t30-,31?,32+,33+/m0/s1. The minimum absolute atomic E-state index is 0.0523. The SMILES string of the molecule is CCOC(=O)[C@@H](Cc1ccc(OCCN[C@H]2C3CN(Cc4ccc(Cl)cc4)C[C@@H]32)cc1)Oc1ccc(C(C)(C)C)cc1. The minimum atomic E-state index is -0.721. The van der Waals surface area contributed by atoms with Crippen molar-refractivity contribution in [2.75, 3.05) is 32.8 Å². The molecule has 42 heavy (non-hydrogen) atoms. The van der Waals surface area contributed by atoms with E-state index in [4.69, 9.17) is 25.8 Å². The topological polar surface area (TPSA) is 60.0 Å². The minimum Gasteiger partial charge on any atom is -0.492 e. The van der Waals surface area contributed by atoms with Crippen molar-refractivity contribution in [2.24, 2.45) is 11.8 Å². The summed E-state index contributed by atoms with van der Waals surface area (Å²) in [5.74, 6) is 2.59. The number of piperidine rings is 1. The molecule has 6 nitrogen and oxygen atoms in total. The van der Waals surface area contributed by atoms with Crippen LogP contribution in [-0.4, -0.2) is 55.9 Å². The molecule has 2 aliphatic rings. The number of carbonyl (C=O) groups is 1. The van der Waals surface area contributed by atoms with E-state index in [0.717, 1.165) is 54.4 Å². The number of esters is 1. The van der Waals surface area contributed by atoms with E-state index in [-0.39, 0.29) is 11.4 Å². The summed E-state index contributed by atoms with van der Waals surface area (Å²) in [6.07, 6.45) is -0.303. The van der Waals surface area contributed by atoms with Crippen LogP contribution in [0.2, 0.25) is 5.02 Å². The smallest absolute Gasteiger partial charge is 0.347 e. The lowest BCUT2D eigenvalue weighted by molar-refractivity contribution is -0.151. The average molecular weight is 591 g/mol. The van der Waals surface area contributed by atoms with Gasteiger partial charge in [-0.1, -0.05) is 68.8 Å². The van der Waals surface area contributed by atoms with Gasteiger partial charge in [0.1, 0.15) is 18.1 Å². The summed E-state index contributed by atoms with van der Waals surface area (Å²) >= 11 is 6.01. The number of rotatable bonds is 13. The van der Waals surface area contributed by atoms with Gasteiger partial charge in [0.05, 0.1) is 6.61 Å². The van der Waals surface area contributed by atoms with Gasteiger partial charge in [-0.2, -0.15) is 0 Å². The number of ether oxygens (including phenoxy) is 3. The molecule has 1 aliphatic carbocycles. The van der Waals surface area contributed by atoms with Crippen LogP contribution in [0.5, 0.6) is 11.5 Å². The van der Waals surface area contributed by atoms with E-state index in [1.165, 1.54) is 11.1 Å². The predicted octanol–water partition coefficient (Wildman–Crippen LogP) is 6.29. The van der Waals surface area contributed by atoms with Gasteiger partial charge >= 0.3 is 5.97 Å². The molecule has 3 aromatic carbocycles. The Labute approximate surface area is 255 Å². The Balaban J connectivity index is 1.04. The van der Waals surface area contributed by atoms with Gasteiger partial charge in [0.15, 0.2) is 6.10 Å². The molecule has 0 spiro atoms. The van der Waals surface area contributed by atoms with Gasteiger partial charge in [-0.3, -0.25) is 4.90 Å². The molecule has 1 aliphatic heterocycles. The van der Waals surface area contributed by atoms with Crippen molar-refractivity contribution in [2.45, 2.75) is 58.2 Å². The molecule has 3 aromatic rings. The number of hydrogen-bond donors (Lipinski definition) is 1. The van der Waals surface area contributed by atoms with Gasteiger partial charge in [-0.05, 0) is 77.3 Å². The Kier molecular flexibility index (Phi) is 9.77. The third-order valence-corrected chi connectivity index (χ3v) is 8.48. The highest BCUT2D eigenvalue weighted by atomic mass is 35.5. The van der Waals surface area contributed by atoms with E-state index >= 15 is 0 Å². The maximum absolute atomic E-state index is 12.7. The van der Waals surface area contributed by atoms with Crippen molar-refractivity contribution in [3.8, 4) is 11.5 Å². The Hall–Kier alpha value is -3.06. The van der Waals surface area contributed by atoms with Crippen LogP contribution in [0.4, 0.5) is 0 Å². The Morgan fingerprint density at radius 2 is 1.55 bits per heavy atom. The maximum atomic E-state index is 12.7. The number of benzene rings is 3. The van der Waals surface area contributed by atoms with E-state index in [1.807, 2.05) is 60.7 Å². The lowest BCUT2D eigenvalue weighted by Gasteiger charge is -2.21. The van der Waals surface area contributed by atoms with E-state index < -0.39 is 6.10 Å². The number of nitrogens with one attached hydrogen (secondary N) is 1. The zero-order valence-electron chi connectivity index (χ0n) is 25.1. The van der Waals surface area contributed by atoms with Crippen LogP contribution in [0.15, 0.2) is 72.8 Å². The monoisotopic (exact) mass is 590 g/mol. The summed E-state index contributed by atoms with van der Waals surface area (Å²) in [6.45, 7) is 13.4. The highest BCUT2D eigenvalue weighted by Crippen LogP contribution is 2.45. The highest BCUT2D eigenvalue weighted by Gasteiger charge is 2.55. The van der Waals surface area contributed by atoms with Crippen LogP contribution in [0.1, 0.15) is 44.4 Å². The molecule has 1 N–H and O–H groups in total. The van der Waals surface area contributed by atoms with Gasteiger partial charge in [-0.25, -0.2) is 4.79 Å². The second-order valence-electron chi connectivity index (χ2n) is 12.5. The lowest BCUT2D eigenvalue weighted by Crippen LogP contribution is -2.33. The number of carbonyl (C=O) groups excluding carboxylic acids is 1. The van der Waals surface area contributed by atoms with Gasteiger partial charge in [0.2, 0.25) is 0 Å². The lowest BCUT2D eigenvalue weighted by atomic mass is 9.87. The second-order valence-corrected chi connectivity index (χ2v) is 12.9. The molecular formula is C35H43ClN2O4.